The summed E-state index contributed by atoms with van der Waals surface area (Å²) in [4.78, 5) is 1.75. The Morgan fingerprint density at radius 2 is 1.60 bits per heavy atom. The predicted molar refractivity (Wildman–Crippen MR) is 82.4 cm³/mol. The minimum atomic E-state index is 0.537. The van der Waals surface area contributed by atoms with Crippen molar-refractivity contribution in [1.82, 2.24) is 0 Å². The third-order valence-corrected chi connectivity index (χ3v) is 4.71. The first-order chi connectivity index (χ1) is 9.63. The molecule has 0 radical (unpaired) electrons. The molecule has 2 aromatic carbocycles. The Labute approximate surface area is 131 Å². The molecule has 1 aliphatic heterocycles. The van der Waals surface area contributed by atoms with Crippen molar-refractivity contribution in [1.29, 1.82) is 0 Å². The van der Waals surface area contributed by atoms with Gasteiger partial charge in [0.05, 0.1) is 10.0 Å². The van der Waals surface area contributed by atoms with Crippen molar-refractivity contribution in [2.45, 2.75) is 9.79 Å². The first-order valence-corrected chi connectivity index (χ1v) is 7.53. The van der Waals surface area contributed by atoms with Crippen molar-refractivity contribution >= 4 is 40.7 Å². The van der Waals surface area contributed by atoms with Crippen LogP contribution in [0.25, 0.3) is 0 Å². The normalized spacial score (nSPS) is 13.3. The summed E-state index contributed by atoms with van der Waals surface area (Å²) in [5, 5.41) is 1.07. The molecule has 0 bridgehead atoms. The summed E-state index contributed by atoms with van der Waals surface area (Å²) in [7, 11) is 0. The van der Waals surface area contributed by atoms with Crippen LogP contribution in [-0.2, 0) is 0 Å². The van der Waals surface area contributed by atoms with Gasteiger partial charge in [-0.05, 0) is 30.3 Å². The second-order valence-corrected chi connectivity index (χ2v) is 6.12. The Kier molecular flexibility index (Phi) is 3.87. The molecule has 0 unspecified atom stereocenters. The summed E-state index contributed by atoms with van der Waals surface area (Å²) in [5.41, 5.74) is 6.25. The van der Waals surface area contributed by atoms with Gasteiger partial charge in [-0.15, -0.1) is 0 Å². The Bertz CT molecular complexity index is 641. The maximum atomic E-state index is 6.19. The van der Waals surface area contributed by atoms with Crippen LogP contribution in [0.1, 0.15) is 0 Å². The second kappa shape index (κ2) is 5.64. The molecule has 104 valence electrons. The fourth-order valence-corrected chi connectivity index (χ4v) is 3.47. The van der Waals surface area contributed by atoms with Crippen LogP contribution in [0, 0.1) is 0 Å². The van der Waals surface area contributed by atoms with Crippen molar-refractivity contribution in [3.05, 3.63) is 40.4 Å². The number of anilines is 1. The predicted octanol–water partition coefficient (Wildman–Crippen LogP) is 4.50. The Morgan fingerprint density at radius 3 is 2.30 bits per heavy atom. The van der Waals surface area contributed by atoms with Crippen LogP contribution in [0.4, 0.5) is 5.69 Å². The number of nitrogens with two attached hydrogens (primary N) is 1. The SMILES string of the molecule is Nc1cc(Cl)c(Sc2ccc3c(c2)OCCO3)c(Cl)c1. The van der Waals surface area contributed by atoms with E-state index in [1.54, 1.807) is 12.1 Å². The van der Waals surface area contributed by atoms with E-state index in [1.807, 2.05) is 18.2 Å². The zero-order valence-corrected chi connectivity index (χ0v) is 12.7. The lowest BCUT2D eigenvalue weighted by Crippen LogP contribution is -2.15. The minimum Gasteiger partial charge on any atom is -0.486 e. The van der Waals surface area contributed by atoms with Gasteiger partial charge in [0.25, 0.3) is 0 Å². The molecule has 1 aliphatic rings. The molecule has 1 heterocycles. The highest BCUT2D eigenvalue weighted by Gasteiger charge is 2.14. The second-order valence-electron chi connectivity index (χ2n) is 4.22. The van der Waals surface area contributed by atoms with Crippen LogP contribution in [0.3, 0.4) is 0 Å². The van der Waals surface area contributed by atoms with Crippen molar-refractivity contribution in [2.24, 2.45) is 0 Å². The standard InChI is InChI=1S/C14H11Cl2NO2S/c15-10-5-8(17)6-11(16)14(10)20-9-1-2-12-13(7-9)19-4-3-18-12/h1-2,5-7H,3-4,17H2. The molecule has 3 rings (SSSR count). The lowest BCUT2D eigenvalue weighted by molar-refractivity contribution is 0.171. The monoisotopic (exact) mass is 327 g/mol. The van der Waals surface area contributed by atoms with Crippen LogP contribution < -0.4 is 15.2 Å². The molecule has 6 heteroatoms. The molecule has 0 fully saturated rings. The number of hydrogen-bond acceptors (Lipinski definition) is 4. The van der Waals surface area contributed by atoms with Crippen LogP contribution in [0.2, 0.25) is 10.0 Å². The molecule has 0 saturated carbocycles. The van der Waals surface area contributed by atoms with E-state index in [2.05, 4.69) is 0 Å². The van der Waals surface area contributed by atoms with Crippen molar-refractivity contribution in [3.63, 3.8) is 0 Å². The molecular weight excluding hydrogens is 317 g/mol. The van der Waals surface area contributed by atoms with Crippen molar-refractivity contribution in [3.8, 4) is 11.5 Å². The fraction of sp³-hybridized carbons (Fsp3) is 0.143. The summed E-state index contributed by atoms with van der Waals surface area (Å²) in [6.45, 7) is 1.14. The molecule has 0 amide bonds. The first-order valence-electron chi connectivity index (χ1n) is 5.95. The van der Waals surface area contributed by atoms with Gasteiger partial charge in [-0.1, -0.05) is 35.0 Å². The summed E-state index contributed by atoms with van der Waals surface area (Å²) >= 11 is 13.8. The zero-order valence-electron chi connectivity index (χ0n) is 10.4. The number of halogens is 2. The molecule has 0 spiro atoms. The van der Waals surface area contributed by atoms with Crippen molar-refractivity contribution in [2.75, 3.05) is 18.9 Å². The molecule has 2 N–H and O–H groups in total. The number of benzene rings is 2. The van der Waals surface area contributed by atoms with E-state index in [0.717, 1.165) is 21.3 Å². The lowest BCUT2D eigenvalue weighted by atomic mass is 10.3. The van der Waals surface area contributed by atoms with E-state index in [-0.39, 0.29) is 0 Å². The van der Waals surface area contributed by atoms with E-state index in [9.17, 15) is 0 Å². The first kappa shape index (κ1) is 13.7. The van der Waals surface area contributed by atoms with Gasteiger partial charge < -0.3 is 15.2 Å². The van der Waals surface area contributed by atoms with Crippen LogP contribution >= 0.6 is 35.0 Å². The maximum Gasteiger partial charge on any atom is 0.162 e. The quantitative estimate of drug-likeness (QED) is 0.825. The lowest BCUT2D eigenvalue weighted by Gasteiger charge is -2.19. The van der Waals surface area contributed by atoms with Gasteiger partial charge in [-0.2, -0.15) is 0 Å². The Balaban J connectivity index is 1.92. The topological polar surface area (TPSA) is 44.5 Å². The molecule has 20 heavy (non-hydrogen) atoms. The highest BCUT2D eigenvalue weighted by molar-refractivity contribution is 7.99. The van der Waals surface area contributed by atoms with E-state index < -0.39 is 0 Å². The Morgan fingerprint density at radius 1 is 0.950 bits per heavy atom. The summed E-state index contributed by atoms with van der Waals surface area (Å²) in [5.74, 6) is 1.50. The smallest absolute Gasteiger partial charge is 0.162 e. The van der Waals surface area contributed by atoms with E-state index in [4.69, 9.17) is 38.4 Å². The Hall–Kier alpha value is -1.23. The van der Waals surface area contributed by atoms with Gasteiger partial charge in [0, 0.05) is 15.5 Å². The van der Waals surface area contributed by atoms with Gasteiger partial charge in [0.1, 0.15) is 13.2 Å². The number of fused-ring (bicyclic) bond motifs is 1. The van der Waals surface area contributed by atoms with Gasteiger partial charge >= 0.3 is 0 Å². The number of nitrogen functional groups attached to an aromatic ring is 1. The highest BCUT2D eigenvalue weighted by atomic mass is 35.5. The van der Waals surface area contributed by atoms with Crippen LogP contribution in [0.5, 0.6) is 11.5 Å². The number of ether oxygens (including phenoxy) is 2. The fourth-order valence-electron chi connectivity index (χ4n) is 1.88. The summed E-state index contributed by atoms with van der Waals surface area (Å²) in [6.07, 6.45) is 0. The van der Waals surface area contributed by atoms with E-state index in [0.29, 0.717) is 28.9 Å². The highest BCUT2D eigenvalue weighted by Crippen LogP contribution is 2.42. The van der Waals surface area contributed by atoms with Gasteiger partial charge in [-0.3, -0.25) is 0 Å². The molecule has 2 aromatic rings. The number of hydrogen-bond donors (Lipinski definition) is 1. The molecule has 3 nitrogen and oxygen atoms in total. The van der Waals surface area contributed by atoms with E-state index >= 15 is 0 Å². The molecule has 0 saturated heterocycles. The van der Waals surface area contributed by atoms with Crippen LogP contribution in [-0.4, -0.2) is 13.2 Å². The largest absolute Gasteiger partial charge is 0.486 e. The van der Waals surface area contributed by atoms with Gasteiger partial charge in [0.15, 0.2) is 11.5 Å². The summed E-state index contributed by atoms with van der Waals surface area (Å²) < 4.78 is 11.0. The average Bonchev–Trinajstić information content (AvgIpc) is 2.42. The average molecular weight is 328 g/mol. The molecular formula is C14H11Cl2NO2S. The molecule has 0 aliphatic carbocycles. The van der Waals surface area contributed by atoms with E-state index in [1.165, 1.54) is 11.8 Å². The third kappa shape index (κ3) is 2.77. The minimum absolute atomic E-state index is 0.537. The molecule has 0 atom stereocenters. The summed E-state index contributed by atoms with van der Waals surface area (Å²) in [6, 6.07) is 9.13. The molecule has 0 aromatic heterocycles. The third-order valence-electron chi connectivity index (χ3n) is 2.75. The van der Waals surface area contributed by atoms with Crippen molar-refractivity contribution < 1.29 is 9.47 Å². The van der Waals surface area contributed by atoms with Gasteiger partial charge in [-0.25, -0.2) is 0 Å². The maximum absolute atomic E-state index is 6.19. The number of rotatable bonds is 2. The zero-order chi connectivity index (χ0) is 14.1. The van der Waals surface area contributed by atoms with Crippen LogP contribution in [0.15, 0.2) is 40.1 Å². The van der Waals surface area contributed by atoms with Gasteiger partial charge in [0.2, 0.25) is 0 Å².